The predicted molar refractivity (Wildman–Crippen MR) is 95.9 cm³/mol. The van der Waals surface area contributed by atoms with Crippen LogP contribution in [0.15, 0.2) is 39.9 Å². The fraction of sp³-hybridized carbons (Fsp3) is 0.250. The Labute approximate surface area is 149 Å². The Bertz CT molecular complexity index is 844. The Morgan fingerprint density at radius 2 is 1.75 bits per heavy atom. The maximum Gasteiger partial charge on any atom is 0.263 e. The van der Waals surface area contributed by atoms with Crippen molar-refractivity contribution in [3.63, 3.8) is 0 Å². The Balaban J connectivity index is 2.86. The lowest BCUT2D eigenvalue weighted by Crippen LogP contribution is -2.37. The number of imide groups is 1. The van der Waals surface area contributed by atoms with Gasteiger partial charge in [-0.25, -0.2) is 13.3 Å². The molecule has 8 heteroatoms. The molecule has 128 valence electrons. The first-order valence-corrected chi connectivity index (χ1v) is 10.5. The van der Waals surface area contributed by atoms with Gasteiger partial charge in [-0.3, -0.25) is 9.59 Å². The molecule has 24 heavy (non-hydrogen) atoms. The normalized spacial score (nSPS) is 11.3. The predicted octanol–water partition coefficient (Wildman–Crippen LogP) is 4.02. The van der Waals surface area contributed by atoms with Crippen molar-refractivity contribution in [3.8, 4) is 11.1 Å². The summed E-state index contributed by atoms with van der Waals surface area (Å²) in [5.41, 5.74) is 1.21. The number of anilines is 1. The van der Waals surface area contributed by atoms with Gasteiger partial charge in [0.05, 0.1) is 5.69 Å². The van der Waals surface area contributed by atoms with Crippen LogP contribution in [0.2, 0.25) is 0 Å². The fourth-order valence-corrected chi connectivity index (χ4v) is 4.01. The van der Waals surface area contributed by atoms with E-state index in [1.165, 1.54) is 23.5 Å². The van der Waals surface area contributed by atoms with E-state index in [1.54, 1.807) is 26.0 Å². The van der Waals surface area contributed by atoms with E-state index in [0.29, 0.717) is 5.56 Å². The van der Waals surface area contributed by atoms with Crippen LogP contribution >= 0.6 is 22.0 Å². The summed E-state index contributed by atoms with van der Waals surface area (Å²) in [6.07, 6.45) is 0.122. The number of rotatable bonds is 5. The lowest BCUT2D eigenvalue weighted by atomic mass is 10.1. The van der Waals surface area contributed by atoms with Crippen molar-refractivity contribution < 1.29 is 18.0 Å². The van der Waals surface area contributed by atoms with Crippen molar-refractivity contribution in [2.24, 2.45) is 0 Å². The van der Waals surface area contributed by atoms with Gasteiger partial charge in [0.2, 0.25) is 11.8 Å². The third-order valence-corrected chi connectivity index (χ3v) is 5.46. The van der Waals surface area contributed by atoms with Gasteiger partial charge in [0.25, 0.3) is 9.05 Å². The van der Waals surface area contributed by atoms with Crippen molar-refractivity contribution in [3.05, 3.63) is 35.0 Å². The standard InChI is InChI=1S/C16H16ClNO4S2/c1-3-14(19)18(15(20)4-2)16-12(11-8-9-23-10-11)6-5-7-13(16)24(17,21)22/h5-10H,3-4H2,1-2H3. The summed E-state index contributed by atoms with van der Waals surface area (Å²) in [6, 6.07) is 6.30. The smallest absolute Gasteiger partial charge is 0.263 e. The van der Waals surface area contributed by atoms with E-state index in [2.05, 4.69) is 0 Å². The molecule has 1 aromatic carbocycles. The number of benzene rings is 1. The molecule has 0 spiro atoms. The van der Waals surface area contributed by atoms with Crippen LogP contribution in [-0.2, 0) is 18.6 Å². The molecule has 0 saturated heterocycles. The molecule has 0 unspecified atom stereocenters. The molecule has 2 amide bonds. The summed E-state index contributed by atoms with van der Waals surface area (Å²) in [5, 5.41) is 3.64. The summed E-state index contributed by atoms with van der Waals surface area (Å²) in [4.78, 5) is 25.4. The van der Waals surface area contributed by atoms with Gasteiger partial charge in [0, 0.05) is 29.1 Å². The van der Waals surface area contributed by atoms with E-state index in [-0.39, 0.29) is 23.4 Å². The summed E-state index contributed by atoms with van der Waals surface area (Å²) in [5.74, 6) is -0.961. The van der Waals surface area contributed by atoms with Crippen molar-refractivity contribution in [2.75, 3.05) is 4.90 Å². The average Bonchev–Trinajstić information content (AvgIpc) is 3.08. The van der Waals surface area contributed by atoms with Crippen molar-refractivity contribution >= 4 is 48.6 Å². The topological polar surface area (TPSA) is 71.5 Å². The Morgan fingerprint density at radius 3 is 2.21 bits per heavy atom. The van der Waals surface area contributed by atoms with E-state index in [1.807, 2.05) is 10.8 Å². The van der Waals surface area contributed by atoms with Gasteiger partial charge in [-0.1, -0.05) is 26.0 Å². The molecule has 0 N–H and O–H groups in total. The number of carbonyl (C=O) groups excluding carboxylic acids is 2. The van der Waals surface area contributed by atoms with Crippen molar-refractivity contribution in [1.82, 2.24) is 0 Å². The van der Waals surface area contributed by atoms with Crippen LogP contribution in [-0.4, -0.2) is 20.2 Å². The maximum atomic E-state index is 12.4. The highest BCUT2D eigenvalue weighted by Gasteiger charge is 2.30. The van der Waals surface area contributed by atoms with E-state index >= 15 is 0 Å². The molecule has 0 aliphatic heterocycles. The molecule has 0 aliphatic rings. The molecule has 0 aliphatic carbocycles. The molecule has 0 saturated carbocycles. The summed E-state index contributed by atoms with van der Waals surface area (Å²) in [7, 11) is 1.42. The molecule has 0 atom stereocenters. The number of hydrogen-bond acceptors (Lipinski definition) is 5. The number of para-hydroxylation sites is 1. The first-order chi connectivity index (χ1) is 11.3. The Kier molecular flexibility index (Phi) is 5.79. The number of hydrogen-bond donors (Lipinski definition) is 0. The second kappa shape index (κ2) is 7.46. The van der Waals surface area contributed by atoms with Crippen LogP contribution in [0.25, 0.3) is 11.1 Å². The van der Waals surface area contributed by atoms with Crippen LogP contribution in [0.1, 0.15) is 26.7 Å². The number of amides is 2. The van der Waals surface area contributed by atoms with Crippen molar-refractivity contribution in [1.29, 1.82) is 0 Å². The first-order valence-electron chi connectivity index (χ1n) is 7.27. The second-order valence-electron chi connectivity index (χ2n) is 4.93. The number of thiophene rings is 1. The van der Waals surface area contributed by atoms with Gasteiger partial charge in [-0.15, -0.1) is 0 Å². The lowest BCUT2D eigenvalue weighted by molar-refractivity contribution is -0.126. The van der Waals surface area contributed by atoms with Gasteiger partial charge in [0.15, 0.2) is 0 Å². The third kappa shape index (κ3) is 3.68. The molecule has 0 radical (unpaired) electrons. The quantitative estimate of drug-likeness (QED) is 0.728. The van der Waals surface area contributed by atoms with E-state index in [0.717, 1.165) is 10.5 Å². The zero-order valence-corrected chi connectivity index (χ0v) is 15.5. The zero-order chi connectivity index (χ0) is 17.9. The van der Waals surface area contributed by atoms with Crippen LogP contribution < -0.4 is 4.90 Å². The molecule has 0 bridgehead atoms. The van der Waals surface area contributed by atoms with Gasteiger partial charge >= 0.3 is 0 Å². The molecule has 0 fully saturated rings. The number of carbonyl (C=O) groups is 2. The van der Waals surface area contributed by atoms with Gasteiger partial charge in [-0.2, -0.15) is 11.3 Å². The summed E-state index contributed by atoms with van der Waals surface area (Å²) >= 11 is 1.43. The highest BCUT2D eigenvalue weighted by molar-refractivity contribution is 8.13. The molecule has 5 nitrogen and oxygen atoms in total. The molecule has 1 heterocycles. The Morgan fingerprint density at radius 1 is 1.12 bits per heavy atom. The van der Waals surface area contributed by atoms with Crippen molar-refractivity contribution in [2.45, 2.75) is 31.6 Å². The minimum absolute atomic E-state index is 0.0181. The number of halogens is 1. The fourth-order valence-electron chi connectivity index (χ4n) is 2.31. The molecule has 1 aromatic heterocycles. The summed E-state index contributed by atoms with van der Waals surface area (Å²) < 4.78 is 24.0. The SMILES string of the molecule is CCC(=O)N(C(=O)CC)c1c(-c2ccsc2)cccc1S(=O)(=O)Cl. The van der Waals surface area contributed by atoms with Gasteiger partial charge in [0.1, 0.15) is 4.90 Å². The van der Waals surface area contributed by atoms with Crippen LogP contribution in [0.5, 0.6) is 0 Å². The minimum atomic E-state index is -4.15. The monoisotopic (exact) mass is 385 g/mol. The molecule has 2 rings (SSSR count). The van der Waals surface area contributed by atoms with E-state index in [4.69, 9.17) is 10.7 Å². The molecule has 2 aromatic rings. The van der Waals surface area contributed by atoms with Crippen LogP contribution in [0.3, 0.4) is 0 Å². The van der Waals surface area contributed by atoms with Gasteiger partial charge in [-0.05, 0) is 28.5 Å². The highest BCUT2D eigenvalue weighted by atomic mass is 35.7. The second-order valence-corrected chi connectivity index (χ2v) is 8.25. The first kappa shape index (κ1) is 18.6. The van der Waals surface area contributed by atoms with E-state index < -0.39 is 20.9 Å². The molecular formula is C16H16ClNO4S2. The van der Waals surface area contributed by atoms with Crippen LogP contribution in [0, 0.1) is 0 Å². The van der Waals surface area contributed by atoms with E-state index in [9.17, 15) is 18.0 Å². The minimum Gasteiger partial charge on any atom is -0.274 e. The Hall–Kier alpha value is -1.70. The lowest BCUT2D eigenvalue weighted by Gasteiger charge is -2.24. The molecular weight excluding hydrogens is 370 g/mol. The zero-order valence-electron chi connectivity index (χ0n) is 13.2. The van der Waals surface area contributed by atoms with Gasteiger partial charge < -0.3 is 0 Å². The largest absolute Gasteiger partial charge is 0.274 e. The summed E-state index contributed by atoms with van der Waals surface area (Å²) in [6.45, 7) is 3.22. The van der Waals surface area contributed by atoms with Crippen LogP contribution in [0.4, 0.5) is 5.69 Å². The third-order valence-electron chi connectivity index (χ3n) is 3.42. The maximum absolute atomic E-state index is 12.4. The highest BCUT2D eigenvalue weighted by Crippen LogP contribution is 2.39. The average molecular weight is 386 g/mol. The number of nitrogens with zero attached hydrogens (tertiary/aromatic N) is 1.